The molecular weight excluding hydrogens is 175 g/mol. The summed E-state index contributed by atoms with van der Waals surface area (Å²) in [6.07, 6.45) is -4.88. The van der Waals surface area contributed by atoms with Crippen molar-refractivity contribution < 1.29 is 22.7 Å². The van der Waals surface area contributed by atoms with E-state index in [-0.39, 0.29) is 13.2 Å². The minimum atomic E-state index is -4.88. The number of alkyl halides is 3. The monoisotopic (exact) mass is 185 g/mol. The largest absolute Gasteiger partial charge is 0.490 e. The molecule has 0 heterocycles. The lowest BCUT2D eigenvalue weighted by Crippen LogP contribution is -2.28. The van der Waals surface area contributed by atoms with Crippen molar-refractivity contribution in [2.75, 3.05) is 27.2 Å². The molecule has 0 N–H and O–H groups in total. The minimum Gasteiger partial charge on any atom is -0.458 e. The molecule has 0 aliphatic heterocycles. The lowest BCUT2D eigenvalue weighted by atomic mass is 10.6. The Hall–Kier alpha value is -0.780. The summed E-state index contributed by atoms with van der Waals surface area (Å²) >= 11 is 0. The Morgan fingerprint density at radius 1 is 1.42 bits per heavy atom. The Morgan fingerprint density at radius 3 is 2.25 bits per heavy atom. The molecule has 0 aliphatic carbocycles. The third-order valence-electron chi connectivity index (χ3n) is 1.00. The van der Waals surface area contributed by atoms with Gasteiger partial charge in [-0.25, -0.2) is 4.79 Å². The van der Waals surface area contributed by atoms with Crippen LogP contribution in [0.2, 0.25) is 0 Å². The molecule has 0 atom stereocenters. The minimum absolute atomic E-state index is 0.245. The zero-order valence-corrected chi connectivity index (χ0v) is 6.81. The average Bonchev–Trinajstić information content (AvgIpc) is 1.84. The summed E-state index contributed by atoms with van der Waals surface area (Å²) in [7, 11) is 3.34. The molecule has 72 valence electrons. The quantitative estimate of drug-likeness (QED) is 0.605. The van der Waals surface area contributed by atoms with Gasteiger partial charge < -0.3 is 9.64 Å². The van der Waals surface area contributed by atoms with E-state index in [9.17, 15) is 18.0 Å². The SMILES string of the molecule is CN(C)CCOC(=O)C(F)(F)F. The number of likely N-dealkylation sites (N-methyl/N-ethyl adjacent to an activating group) is 1. The van der Waals surface area contributed by atoms with Crippen molar-refractivity contribution in [1.82, 2.24) is 4.90 Å². The van der Waals surface area contributed by atoms with E-state index in [0.717, 1.165) is 0 Å². The maximum Gasteiger partial charge on any atom is 0.490 e. The number of ether oxygens (including phenoxy) is 1. The second kappa shape index (κ2) is 4.30. The fourth-order valence-electron chi connectivity index (χ4n) is 0.403. The van der Waals surface area contributed by atoms with E-state index in [1.807, 2.05) is 0 Å². The maximum atomic E-state index is 11.5. The Bertz CT molecular complexity index is 155. The van der Waals surface area contributed by atoms with Crippen LogP contribution in [0.25, 0.3) is 0 Å². The van der Waals surface area contributed by atoms with Crippen LogP contribution in [-0.4, -0.2) is 44.3 Å². The topological polar surface area (TPSA) is 29.5 Å². The van der Waals surface area contributed by atoms with Crippen molar-refractivity contribution in [3.63, 3.8) is 0 Å². The molecule has 0 unspecified atom stereocenters. The number of rotatable bonds is 3. The highest BCUT2D eigenvalue weighted by molar-refractivity contribution is 5.75. The third-order valence-corrected chi connectivity index (χ3v) is 1.00. The van der Waals surface area contributed by atoms with Crippen LogP contribution in [0.3, 0.4) is 0 Å². The zero-order valence-electron chi connectivity index (χ0n) is 6.81. The van der Waals surface area contributed by atoms with Crippen molar-refractivity contribution in [2.45, 2.75) is 6.18 Å². The van der Waals surface area contributed by atoms with Gasteiger partial charge in [0.2, 0.25) is 0 Å². The van der Waals surface area contributed by atoms with Crippen LogP contribution in [-0.2, 0) is 9.53 Å². The van der Waals surface area contributed by atoms with Crippen molar-refractivity contribution in [3.05, 3.63) is 0 Å². The predicted molar refractivity (Wildman–Crippen MR) is 35.6 cm³/mol. The summed E-state index contributed by atoms with van der Waals surface area (Å²) < 4.78 is 38.4. The Labute approximate surface area is 68.1 Å². The first-order valence-electron chi connectivity index (χ1n) is 3.22. The molecule has 0 rings (SSSR count). The first kappa shape index (κ1) is 11.2. The van der Waals surface area contributed by atoms with Crippen molar-refractivity contribution in [1.29, 1.82) is 0 Å². The number of hydrogen-bond acceptors (Lipinski definition) is 3. The predicted octanol–water partition coefficient (Wildman–Crippen LogP) is 0.653. The number of halogens is 3. The van der Waals surface area contributed by atoms with E-state index >= 15 is 0 Å². The lowest BCUT2D eigenvalue weighted by Gasteiger charge is -2.10. The van der Waals surface area contributed by atoms with Gasteiger partial charge in [-0.1, -0.05) is 0 Å². The zero-order chi connectivity index (χ0) is 9.78. The molecule has 12 heavy (non-hydrogen) atoms. The van der Waals surface area contributed by atoms with E-state index in [0.29, 0.717) is 0 Å². The van der Waals surface area contributed by atoms with E-state index in [4.69, 9.17) is 0 Å². The summed E-state index contributed by atoms with van der Waals surface area (Å²) in [5, 5.41) is 0. The van der Waals surface area contributed by atoms with Gasteiger partial charge in [0.1, 0.15) is 6.61 Å². The molecule has 0 bridgehead atoms. The number of hydrogen-bond donors (Lipinski definition) is 0. The summed E-state index contributed by atoms with van der Waals surface area (Å²) in [5.74, 6) is -2.13. The van der Waals surface area contributed by atoms with E-state index < -0.39 is 12.1 Å². The molecule has 0 aromatic carbocycles. The molecular formula is C6H10F3NO2. The van der Waals surface area contributed by atoms with Crippen molar-refractivity contribution in [3.8, 4) is 0 Å². The summed E-state index contributed by atoms with van der Waals surface area (Å²) in [5.41, 5.74) is 0. The Morgan fingerprint density at radius 2 is 1.92 bits per heavy atom. The highest BCUT2D eigenvalue weighted by atomic mass is 19.4. The number of esters is 1. The second-order valence-corrected chi connectivity index (χ2v) is 2.44. The highest BCUT2D eigenvalue weighted by Crippen LogP contribution is 2.15. The maximum absolute atomic E-state index is 11.5. The molecule has 0 amide bonds. The van der Waals surface area contributed by atoms with Crippen molar-refractivity contribution in [2.24, 2.45) is 0 Å². The van der Waals surface area contributed by atoms with Gasteiger partial charge in [0.05, 0.1) is 0 Å². The number of nitrogens with zero attached hydrogens (tertiary/aromatic N) is 1. The Kier molecular flexibility index (Phi) is 4.02. The van der Waals surface area contributed by atoms with E-state index in [1.54, 1.807) is 19.0 Å². The van der Waals surface area contributed by atoms with Gasteiger partial charge in [0.25, 0.3) is 0 Å². The molecule has 0 saturated carbocycles. The smallest absolute Gasteiger partial charge is 0.458 e. The molecule has 0 aliphatic rings. The molecule has 0 aromatic heterocycles. The highest BCUT2D eigenvalue weighted by Gasteiger charge is 2.40. The molecule has 3 nitrogen and oxygen atoms in total. The van der Waals surface area contributed by atoms with Crippen LogP contribution >= 0.6 is 0 Å². The van der Waals surface area contributed by atoms with E-state index in [1.165, 1.54) is 0 Å². The normalized spacial score (nSPS) is 11.8. The van der Waals surface area contributed by atoms with Crippen LogP contribution in [0.1, 0.15) is 0 Å². The standard InChI is InChI=1S/C6H10F3NO2/c1-10(2)3-4-12-5(11)6(7,8)9/h3-4H2,1-2H3. The van der Waals surface area contributed by atoms with E-state index in [2.05, 4.69) is 4.74 Å². The molecule has 0 saturated heterocycles. The molecule has 0 fully saturated rings. The van der Waals surface area contributed by atoms with Crippen LogP contribution in [0.4, 0.5) is 13.2 Å². The average molecular weight is 185 g/mol. The fourth-order valence-corrected chi connectivity index (χ4v) is 0.403. The fraction of sp³-hybridized carbons (Fsp3) is 0.833. The van der Waals surface area contributed by atoms with Crippen LogP contribution < -0.4 is 0 Å². The molecule has 0 aromatic rings. The second-order valence-electron chi connectivity index (χ2n) is 2.44. The molecule has 0 radical (unpaired) electrons. The molecule has 0 spiro atoms. The summed E-state index contributed by atoms with van der Waals surface area (Å²) in [4.78, 5) is 11.7. The number of carbonyl (C=O) groups is 1. The first-order valence-corrected chi connectivity index (χ1v) is 3.22. The van der Waals surface area contributed by atoms with Gasteiger partial charge in [-0.3, -0.25) is 0 Å². The van der Waals surface area contributed by atoms with Crippen LogP contribution in [0, 0.1) is 0 Å². The molecule has 6 heteroatoms. The third kappa shape index (κ3) is 4.95. The summed E-state index contributed by atoms with van der Waals surface area (Å²) in [6.45, 7) is 0.0349. The first-order chi connectivity index (χ1) is 5.34. The lowest BCUT2D eigenvalue weighted by molar-refractivity contribution is -0.199. The van der Waals surface area contributed by atoms with Gasteiger partial charge in [0, 0.05) is 6.54 Å². The van der Waals surface area contributed by atoms with Gasteiger partial charge in [-0.15, -0.1) is 0 Å². The van der Waals surface area contributed by atoms with Crippen LogP contribution in [0.15, 0.2) is 0 Å². The Balaban J connectivity index is 3.59. The van der Waals surface area contributed by atoms with Crippen molar-refractivity contribution >= 4 is 5.97 Å². The van der Waals surface area contributed by atoms with Gasteiger partial charge in [-0.2, -0.15) is 13.2 Å². The van der Waals surface area contributed by atoms with Gasteiger partial charge in [0.15, 0.2) is 0 Å². The van der Waals surface area contributed by atoms with Gasteiger partial charge in [-0.05, 0) is 14.1 Å². The number of carbonyl (C=O) groups excluding carboxylic acids is 1. The van der Waals surface area contributed by atoms with Crippen LogP contribution in [0.5, 0.6) is 0 Å². The summed E-state index contributed by atoms with van der Waals surface area (Å²) in [6, 6.07) is 0. The van der Waals surface area contributed by atoms with Gasteiger partial charge >= 0.3 is 12.1 Å².